The number of halogens is 1. The molecule has 0 aliphatic carbocycles. The molecule has 0 saturated carbocycles. The first-order valence-electron chi connectivity index (χ1n) is 2.11. The van der Waals surface area contributed by atoms with Crippen LogP contribution in [0.25, 0.3) is 0 Å². The van der Waals surface area contributed by atoms with E-state index in [9.17, 15) is 0 Å². The lowest BCUT2D eigenvalue weighted by Gasteiger charge is -1.85. The number of alkyl halides is 1. The Morgan fingerprint density at radius 1 is 1.86 bits per heavy atom. The zero-order chi connectivity index (χ0) is 5.54. The fourth-order valence-electron chi connectivity index (χ4n) is 0.155. The van der Waals surface area contributed by atoms with Crippen LogP contribution >= 0.6 is 11.6 Å². The van der Waals surface area contributed by atoms with Crippen LogP contribution < -0.4 is 0 Å². The van der Waals surface area contributed by atoms with Crippen molar-refractivity contribution < 1.29 is 4.84 Å². The van der Waals surface area contributed by atoms with E-state index in [1.165, 1.54) is 6.21 Å². The van der Waals surface area contributed by atoms with Gasteiger partial charge in [0.1, 0.15) is 6.61 Å². The molecule has 0 radical (unpaired) electrons. The van der Waals surface area contributed by atoms with Crippen LogP contribution in [0, 0.1) is 0 Å². The van der Waals surface area contributed by atoms with E-state index in [1.54, 1.807) is 0 Å². The zero-order valence-electron chi connectivity index (χ0n) is 4.22. The van der Waals surface area contributed by atoms with Crippen molar-refractivity contribution in [3.63, 3.8) is 0 Å². The molecule has 0 saturated heterocycles. The number of rotatable bonds is 3. The van der Waals surface area contributed by atoms with Crippen LogP contribution in [-0.2, 0) is 4.84 Å². The summed E-state index contributed by atoms with van der Waals surface area (Å²) < 4.78 is 0. The van der Waals surface area contributed by atoms with E-state index in [0.717, 1.165) is 0 Å². The van der Waals surface area contributed by atoms with Gasteiger partial charge >= 0.3 is 0 Å². The third-order valence-electron chi connectivity index (χ3n) is 0.347. The van der Waals surface area contributed by atoms with Gasteiger partial charge in [-0.05, 0) is 6.92 Å². The lowest BCUT2D eigenvalue weighted by molar-refractivity contribution is 0.160. The van der Waals surface area contributed by atoms with Gasteiger partial charge in [0, 0.05) is 0 Å². The third kappa shape index (κ3) is 5.76. The monoisotopic (exact) mass is 121 g/mol. The Kier molecular flexibility index (Phi) is 5.56. The maximum Gasteiger partial charge on any atom is 0.114 e. The highest BCUT2D eigenvalue weighted by Crippen LogP contribution is 1.72. The molecule has 0 aromatic rings. The minimum absolute atomic E-state index is 0.417. The minimum Gasteiger partial charge on any atom is -0.396 e. The van der Waals surface area contributed by atoms with Crippen LogP contribution in [0.15, 0.2) is 5.16 Å². The molecular weight excluding hydrogens is 114 g/mol. The van der Waals surface area contributed by atoms with Gasteiger partial charge in [0.25, 0.3) is 0 Å². The van der Waals surface area contributed by atoms with E-state index in [1.807, 2.05) is 6.92 Å². The third-order valence-corrected chi connectivity index (χ3v) is 0.485. The van der Waals surface area contributed by atoms with E-state index < -0.39 is 0 Å². The van der Waals surface area contributed by atoms with E-state index in [2.05, 4.69) is 9.99 Å². The van der Waals surface area contributed by atoms with E-state index in [4.69, 9.17) is 11.6 Å². The van der Waals surface area contributed by atoms with Gasteiger partial charge in [0.2, 0.25) is 0 Å². The molecule has 0 heterocycles. The Bertz CT molecular complexity index is 55.7. The van der Waals surface area contributed by atoms with Gasteiger partial charge in [-0.1, -0.05) is 5.16 Å². The second kappa shape index (κ2) is 5.76. The maximum absolute atomic E-state index is 5.21. The maximum atomic E-state index is 5.21. The van der Waals surface area contributed by atoms with Crippen LogP contribution in [-0.4, -0.2) is 18.7 Å². The molecule has 0 spiro atoms. The summed E-state index contributed by atoms with van der Waals surface area (Å²) in [7, 11) is 0. The summed E-state index contributed by atoms with van der Waals surface area (Å²) >= 11 is 5.21. The summed E-state index contributed by atoms with van der Waals surface area (Å²) in [6.07, 6.45) is 1.51. The average molecular weight is 122 g/mol. The fourth-order valence-corrected chi connectivity index (χ4v) is 0.212. The normalized spacial score (nSPS) is 10.0. The van der Waals surface area contributed by atoms with Crippen molar-refractivity contribution in [3.05, 3.63) is 0 Å². The van der Waals surface area contributed by atoms with Crippen LogP contribution in [0.4, 0.5) is 0 Å². The van der Waals surface area contributed by atoms with Gasteiger partial charge in [-0.15, -0.1) is 11.6 Å². The molecule has 0 N–H and O–H groups in total. The van der Waals surface area contributed by atoms with Crippen LogP contribution in [0.3, 0.4) is 0 Å². The Morgan fingerprint density at radius 3 is 3.00 bits per heavy atom. The molecule has 0 atom stereocenters. The predicted octanol–water partition coefficient (Wildman–Crippen LogP) is 1.25. The lowest BCUT2D eigenvalue weighted by Crippen LogP contribution is -1.80. The summed E-state index contributed by atoms with van der Waals surface area (Å²) in [4.78, 5) is 4.56. The molecule has 42 valence electrons. The van der Waals surface area contributed by atoms with Gasteiger partial charge < -0.3 is 4.84 Å². The van der Waals surface area contributed by atoms with E-state index in [0.29, 0.717) is 12.5 Å². The molecule has 2 nitrogen and oxygen atoms in total. The Morgan fingerprint density at radius 2 is 2.57 bits per heavy atom. The molecule has 0 unspecified atom stereocenters. The van der Waals surface area contributed by atoms with Crippen LogP contribution in [0.2, 0.25) is 0 Å². The van der Waals surface area contributed by atoms with Gasteiger partial charge in [-0.25, -0.2) is 0 Å². The van der Waals surface area contributed by atoms with Gasteiger partial charge in [0.15, 0.2) is 0 Å². The zero-order valence-corrected chi connectivity index (χ0v) is 4.98. The summed E-state index contributed by atoms with van der Waals surface area (Å²) in [6, 6.07) is 0. The molecule has 0 aliphatic rings. The summed E-state index contributed by atoms with van der Waals surface area (Å²) in [5.41, 5.74) is 0. The molecule has 0 aromatic carbocycles. The fraction of sp³-hybridized carbons (Fsp3) is 0.750. The van der Waals surface area contributed by atoms with Crippen molar-refractivity contribution in [2.75, 3.05) is 12.5 Å². The first-order chi connectivity index (χ1) is 3.41. The molecule has 0 rings (SSSR count). The quantitative estimate of drug-likeness (QED) is 0.313. The molecular formula is C4H8ClNO. The summed E-state index contributed by atoms with van der Waals surface area (Å²) in [5, 5.41) is 3.45. The Hall–Kier alpha value is -0.240. The van der Waals surface area contributed by atoms with Gasteiger partial charge in [0.05, 0.1) is 12.1 Å². The molecule has 7 heavy (non-hydrogen) atoms. The number of nitrogens with zero attached hydrogens (tertiary/aromatic N) is 1. The van der Waals surface area contributed by atoms with Crippen molar-refractivity contribution in [3.8, 4) is 0 Å². The highest BCUT2D eigenvalue weighted by Gasteiger charge is 1.67. The smallest absolute Gasteiger partial charge is 0.114 e. The average Bonchev–Trinajstić information content (AvgIpc) is 1.69. The standard InChI is InChI=1S/C4H8ClNO/c1-2-7-6-4-3-5/h4H,2-3H2,1H3/b6-4-. The number of hydrogen-bond donors (Lipinski definition) is 0. The topological polar surface area (TPSA) is 21.6 Å². The SMILES string of the molecule is CCO/N=C\CCl. The Balaban J connectivity index is 2.78. The summed E-state index contributed by atoms with van der Waals surface area (Å²) in [5.74, 6) is 0.417. The minimum atomic E-state index is 0.417. The second-order valence-corrected chi connectivity index (χ2v) is 1.17. The first-order valence-corrected chi connectivity index (χ1v) is 2.65. The Labute approximate surface area is 48.1 Å². The van der Waals surface area contributed by atoms with Crippen molar-refractivity contribution in [2.45, 2.75) is 6.92 Å². The van der Waals surface area contributed by atoms with Crippen molar-refractivity contribution in [1.29, 1.82) is 0 Å². The van der Waals surface area contributed by atoms with E-state index in [-0.39, 0.29) is 0 Å². The van der Waals surface area contributed by atoms with Gasteiger partial charge in [-0.2, -0.15) is 0 Å². The van der Waals surface area contributed by atoms with Crippen molar-refractivity contribution >= 4 is 17.8 Å². The molecule has 0 aliphatic heterocycles. The number of oxime groups is 1. The predicted molar refractivity (Wildman–Crippen MR) is 30.8 cm³/mol. The van der Waals surface area contributed by atoms with Crippen molar-refractivity contribution in [2.24, 2.45) is 5.16 Å². The second-order valence-electron chi connectivity index (χ2n) is 0.860. The first kappa shape index (κ1) is 6.76. The molecule has 0 amide bonds. The lowest BCUT2D eigenvalue weighted by atomic mass is 10.9. The highest BCUT2D eigenvalue weighted by atomic mass is 35.5. The highest BCUT2D eigenvalue weighted by molar-refractivity contribution is 6.24. The molecule has 0 fully saturated rings. The number of hydrogen-bond acceptors (Lipinski definition) is 2. The summed E-state index contributed by atoms with van der Waals surface area (Å²) in [6.45, 7) is 2.47. The van der Waals surface area contributed by atoms with Crippen LogP contribution in [0.1, 0.15) is 6.92 Å². The molecule has 0 aromatic heterocycles. The molecule has 0 bridgehead atoms. The van der Waals surface area contributed by atoms with Gasteiger partial charge in [-0.3, -0.25) is 0 Å². The molecule has 3 heteroatoms. The van der Waals surface area contributed by atoms with Crippen LogP contribution in [0.5, 0.6) is 0 Å². The van der Waals surface area contributed by atoms with E-state index >= 15 is 0 Å². The van der Waals surface area contributed by atoms with Crippen molar-refractivity contribution in [1.82, 2.24) is 0 Å². The largest absolute Gasteiger partial charge is 0.396 e.